The highest BCUT2D eigenvalue weighted by Gasteiger charge is 2.95. The molecule has 0 bridgehead atoms. The highest BCUT2D eigenvalue weighted by Crippen LogP contribution is 2.64. The van der Waals surface area contributed by atoms with E-state index < -0.39 is 60.5 Å². The third-order valence-corrected chi connectivity index (χ3v) is 6.63. The van der Waals surface area contributed by atoms with Crippen molar-refractivity contribution >= 4 is 0 Å². The molecule has 0 aliphatic carbocycles. The fourth-order valence-electron chi connectivity index (χ4n) is 3.89. The molecule has 0 rings (SSSR count). The normalized spacial score (nSPS) is 15.1. The van der Waals surface area contributed by atoms with E-state index in [-0.39, 0.29) is 12.8 Å². The second-order valence-corrected chi connectivity index (χ2v) is 9.99. The fraction of sp³-hybridized carbons (Fsp3) is 1.00. The molecule has 0 heterocycles. The van der Waals surface area contributed by atoms with Crippen LogP contribution in [0.2, 0.25) is 0 Å². The maximum absolute atomic E-state index is 13.9. The summed E-state index contributed by atoms with van der Waals surface area (Å²) in [6.07, 6.45) is -1.19. The van der Waals surface area contributed by atoms with Crippen LogP contribution in [-0.4, -0.2) is 47.6 Å². The van der Waals surface area contributed by atoms with E-state index in [2.05, 4.69) is 6.92 Å². The van der Waals surface area contributed by atoms with Crippen molar-refractivity contribution in [3.63, 3.8) is 0 Å². The molecular formula is C24H33F17. The zero-order valence-electron chi connectivity index (χ0n) is 22.0. The molecule has 0 atom stereocenters. The van der Waals surface area contributed by atoms with Gasteiger partial charge in [-0.2, -0.15) is 74.6 Å². The van der Waals surface area contributed by atoms with Gasteiger partial charge >= 0.3 is 47.6 Å². The Balaban J connectivity index is 5.12. The first-order chi connectivity index (χ1) is 18.3. The molecular weight excluding hydrogens is 611 g/mol. The van der Waals surface area contributed by atoms with Crippen LogP contribution in [0.1, 0.15) is 103 Å². The van der Waals surface area contributed by atoms with Crippen molar-refractivity contribution in [2.45, 2.75) is 151 Å². The summed E-state index contributed by atoms with van der Waals surface area (Å²) in [5.41, 5.74) is 0. The van der Waals surface area contributed by atoms with E-state index in [0.717, 1.165) is 57.8 Å². The van der Waals surface area contributed by atoms with Gasteiger partial charge in [0.1, 0.15) is 0 Å². The molecule has 17 heteroatoms. The summed E-state index contributed by atoms with van der Waals surface area (Å²) in [5, 5.41) is 0. The molecule has 0 aromatic carbocycles. The third-order valence-electron chi connectivity index (χ3n) is 6.63. The molecule has 0 aromatic rings. The summed E-state index contributed by atoms with van der Waals surface area (Å²) >= 11 is 0. The summed E-state index contributed by atoms with van der Waals surface area (Å²) in [6, 6.07) is 0. The Labute approximate surface area is 226 Å². The Morgan fingerprint density at radius 3 is 0.829 bits per heavy atom. The predicted octanol–water partition coefficient (Wildman–Crippen LogP) is 11.9. The van der Waals surface area contributed by atoms with E-state index in [9.17, 15) is 74.6 Å². The van der Waals surface area contributed by atoms with Gasteiger partial charge in [-0.1, -0.05) is 90.4 Å². The molecule has 0 aromatic heterocycles. The summed E-state index contributed by atoms with van der Waals surface area (Å²) in [7, 11) is 0. The maximum atomic E-state index is 13.9. The van der Waals surface area contributed by atoms with E-state index in [4.69, 9.17) is 0 Å². The van der Waals surface area contributed by atoms with Crippen LogP contribution in [-0.2, 0) is 0 Å². The van der Waals surface area contributed by atoms with E-state index in [1.165, 1.54) is 0 Å². The average Bonchev–Trinajstić information content (AvgIpc) is 2.82. The zero-order valence-corrected chi connectivity index (χ0v) is 22.0. The number of rotatable bonds is 21. The number of unbranched alkanes of at least 4 members (excludes halogenated alkanes) is 13. The molecule has 0 saturated heterocycles. The van der Waals surface area contributed by atoms with Gasteiger partial charge in [-0.3, -0.25) is 0 Å². The van der Waals surface area contributed by atoms with Gasteiger partial charge in [-0.15, -0.1) is 0 Å². The first-order valence-electron chi connectivity index (χ1n) is 13.0. The van der Waals surface area contributed by atoms with Gasteiger partial charge < -0.3 is 0 Å². The molecule has 0 saturated carbocycles. The second kappa shape index (κ2) is 14.5. The summed E-state index contributed by atoms with van der Waals surface area (Å²) < 4.78 is 225. The van der Waals surface area contributed by atoms with Crippen LogP contribution in [0.15, 0.2) is 0 Å². The van der Waals surface area contributed by atoms with Crippen molar-refractivity contribution < 1.29 is 74.6 Å². The number of hydrogen-bond donors (Lipinski definition) is 0. The Morgan fingerprint density at radius 1 is 0.293 bits per heavy atom. The molecule has 0 radical (unpaired) electrons. The van der Waals surface area contributed by atoms with Crippen molar-refractivity contribution in [3.05, 3.63) is 0 Å². The molecule has 0 aliphatic heterocycles. The van der Waals surface area contributed by atoms with Crippen LogP contribution >= 0.6 is 0 Å². The van der Waals surface area contributed by atoms with Crippen LogP contribution in [0.4, 0.5) is 74.6 Å². The van der Waals surface area contributed by atoms with Gasteiger partial charge in [0, 0.05) is 6.42 Å². The lowest BCUT2D eigenvalue weighted by Gasteiger charge is -2.42. The first-order valence-corrected chi connectivity index (χ1v) is 13.0. The van der Waals surface area contributed by atoms with Crippen molar-refractivity contribution in [3.8, 4) is 0 Å². The smallest absolute Gasteiger partial charge is 0.200 e. The van der Waals surface area contributed by atoms with Crippen molar-refractivity contribution in [2.24, 2.45) is 0 Å². The van der Waals surface area contributed by atoms with Crippen molar-refractivity contribution in [2.75, 3.05) is 0 Å². The molecule has 0 nitrogen and oxygen atoms in total. The maximum Gasteiger partial charge on any atom is 0.460 e. The summed E-state index contributed by atoms with van der Waals surface area (Å²) in [5.74, 6) is -55.7. The first kappa shape index (κ1) is 39.8. The quantitative estimate of drug-likeness (QED) is 0.0862. The Bertz CT molecular complexity index is 756. The lowest BCUT2D eigenvalue weighted by Crippen LogP contribution is -2.74. The molecule has 0 aliphatic rings. The van der Waals surface area contributed by atoms with Gasteiger partial charge in [0.25, 0.3) is 0 Å². The fourth-order valence-corrected chi connectivity index (χ4v) is 3.89. The number of hydrogen-bond acceptors (Lipinski definition) is 0. The molecule has 248 valence electrons. The van der Waals surface area contributed by atoms with E-state index in [1.54, 1.807) is 0 Å². The third kappa shape index (κ3) is 8.47. The molecule has 0 unspecified atom stereocenters. The zero-order chi connectivity index (χ0) is 32.6. The topological polar surface area (TPSA) is 0 Å². The van der Waals surface area contributed by atoms with Crippen molar-refractivity contribution in [1.29, 1.82) is 0 Å². The minimum absolute atomic E-state index is 0.0992. The van der Waals surface area contributed by atoms with Crippen LogP contribution in [0.3, 0.4) is 0 Å². The molecule has 0 amide bonds. The van der Waals surface area contributed by atoms with E-state index >= 15 is 0 Å². The van der Waals surface area contributed by atoms with Gasteiger partial charge in [-0.25, -0.2) is 0 Å². The minimum Gasteiger partial charge on any atom is -0.200 e. The highest BCUT2D eigenvalue weighted by molar-refractivity contribution is 5.15. The van der Waals surface area contributed by atoms with Crippen molar-refractivity contribution in [1.82, 2.24) is 0 Å². The molecule has 0 fully saturated rings. The molecule has 0 spiro atoms. The Hall–Kier alpha value is -1.19. The monoisotopic (exact) mass is 644 g/mol. The Morgan fingerprint density at radius 2 is 0.537 bits per heavy atom. The largest absolute Gasteiger partial charge is 0.460 e. The summed E-state index contributed by atoms with van der Waals surface area (Å²) in [6.45, 7) is 2.08. The SMILES string of the molecule is CCCCCCCCCCCCCCCCC(F)(F)C(F)(F)C(F)(F)C(F)(F)C(F)(F)C(F)(F)C(F)(F)C(F)(F)F. The number of alkyl halides is 17. The van der Waals surface area contributed by atoms with Gasteiger partial charge in [0.05, 0.1) is 0 Å². The molecule has 0 N–H and O–H groups in total. The van der Waals surface area contributed by atoms with Gasteiger partial charge in [0.15, 0.2) is 0 Å². The lowest BCUT2D eigenvalue weighted by molar-refractivity contribution is -0.461. The lowest BCUT2D eigenvalue weighted by atomic mass is 9.87. The standard InChI is InChI=1S/C24H33F17/c1-2-3-4-5-6-7-8-9-10-11-12-13-14-15-16-17(25,26)18(27,28)19(29,30)20(31,32)21(33,34)22(35,36)23(37,38)24(39,40)41/h2-16H2,1H3. The highest BCUT2D eigenvalue weighted by atomic mass is 19.4. The number of halogens is 17. The van der Waals surface area contributed by atoms with E-state index in [1.807, 2.05) is 0 Å². The van der Waals surface area contributed by atoms with Gasteiger partial charge in [0.2, 0.25) is 0 Å². The Kier molecular flexibility index (Phi) is 14.1. The minimum atomic E-state index is -8.57. The second-order valence-electron chi connectivity index (χ2n) is 9.99. The van der Waals surface area contributed by atoms with Crippen LogP contribution in [0, 0.1) is 0 Å². The molecule has 41 heavy (non-hydrogen) atoms. The van der Waals surface area contributed by atoms with E-state index in [0.29, 0.717) is 12.8 Å². The van der Waals surface area contributed by atoms with Crippen LogP contribution in [0.5, 0.6) is 0 Å². The average molecular weight is 644 g/mol. The van der Waals surface area contributed by atoms with Crippen LogP contribution in [0.25, 0.3) is 0 Å². The van der Waals surface area contributed by atoms with Crippen LogP contribution < -0.4 is 0 Å². The van der Waals surface area contributed by atoms with Gasteiger partial charge in [-0.05, 0) is 6.42 Å². The summed E-state index contributed by atoms with van der Waals surface area (Å²) in [4.78, 5) is 0. The predicted molar refractivity (Wildman–Crippen MR) is 116 cm³/mol.